The Bertz CT molecular complexity index is 1570. The lowest BCUT2D eigenvalue weighted by Crippen LogP contribution is -2.47. The van der Waals surface area contributed by atoms with Crippen LogP contribution >= 0.6 is 0 Å². The van der Waals surface area contributed by atoms with Gasteiger partial charge in [-0.25, -0.2) is 4.98 Å². The molecule has 0 radical (unpaired) electrons. The van der Waals surface area contributed by atoms with Crippen LogP contribution < -0.4 is 10.2 Å². The van der Waals surface area contributed by atoms with Gasteiger partial charge in [-0.05, 0) is 80.6 Å². The number of unbranched alkanes of at least 4 members (excludes halogenated alkanes) is 1. The van der Waals surface area contributed by atoms with Crippen LogP contribution in [0.3, 0.4) is 0 Å². The quantitative estimate of drug-likeness (QED) is 0.139. The Labute approximate surface area is 256 Å². The summed E-state index contributed by atoms with van der Waals surface area (Å²) in [6, 6.07) is 35.0. The number of hydrogen-bond donors (Lipinski definition) is 1. The molecule has 4 aromatic carbocycles. The fraction of sp³-hybridized carbons (Fsp3) is 0.342. The van der Waals surface area contributed by atoms with Crippen molar-refractivity contribution in [2.75, 3.05) is 62.6 Å². The van der Waals surface area contributed by atoms with E-state index in [-0.39, 0.29) is 0 Å². The Kier molecular flexibility index (Phi) is 8.53. The van der Waals surface area contributed by atoms with Crippen LogP contribution in [-0.2, 0) is 12.8 Å². The third kappa shape index (κ3) is 6.24. The molecule has 5 heteroatoms. The van der Waals surface area contributed by atoms with Crippen molar-refractivity contribution in [3.8, 4) is 0 Å². The standard InChI is InChI=1S/C38H43N5/c1-7-18-36-30(12-1)20-21-31-13-2-8-19-37(31)43(36)25-11-24-42-28-26-41(27-29-42)23-10-9-22-39-38-32-14-3-5-16-34(32)40-35-17-6-4-15-33(35)38/h1-8,12-19H,9-11,20-29H2,(H,39,40). The highest BCUT2D eigenvalue weighted by Gasteiger charge is 2.21. The summed E-state index contributed by atoms with van der Waals surface area (Å²) in [5.74, 6) is 0. The molecule has 0 bridgehead atoms. The average Bonchev–Trinajstić information content (AvgIpc) is 3.22. The monoisotopic (exact) mass is 569 g/mol. The smallest absolute Gasteiger partial charge is 0.0730 e. The summed E-state index contributed by atoms with van der Waals surface area (Å²) in [5, 5.41) is 6.19. The van der Waals surface area contributed by atoms with Gasteiger partial charge in [-0.15, -0.1) is 0 Å². The van der Waals surface area contributed by atoms with Gasteiger partial charge in [0.15, 0.2) is 0 Å². The summed E-state index contributed by atoms with van der Waals surface area (Å²) in [6.45, 7) is 9.15. The Morgan fingerprint density at radius 3 is 1.65 bits per heavy atom. The predicted octanol–water partition coefficient (Wildman–Crippen LogP) is 7.52. The molecule has 0 atom stereocenters. The summed E-state index contributed by atoms with van der Waals surface area (Å²) < 4.78 is 0. The van der Waals surface area contributed by atoms with Gasteiger partial charge < -0.3 is 20.0 Å². The number of fused-ring (bicyclic) bond motifs is 4. The third-order valence-electron chi connectivity index (χ3n) is 9.34. The summed E-state index contributed by atoms with van der Waals surface area (Å²) in [6.07, 6.45) is 5.83. The summed E-state index contributed by atoms with van der Waals surface area (Å²) in [5.41, 5.74) is 9.09. The number of anilines is 3. The van der Waals surface area contributed by atoms with E-state index in [9.17, 15) is 0 Å². The number of aromatic nitrogens is 1. The van der Waals surface area contributed by atoms with E-state index in [4.69, 9.17) is 4.98 Å². The fourth-order valence-corrected chi connectivity index (χ4v) is 7.00. The molecule has 2 aliphatic rings. The molecule has 0 spiro atoms. The number of aryl methyl sites for hydroxylation is 2. The maximum atomic E-state index is 4.86. The van der Waals surface area contributed by atoms with Crippen LogP contribution in [0.2, 0.25) is 0 Å². The first-order chi connectivity index (χ1) is 21.3. The van der Waals surface area contributed by atoms with Crippen molar-refractivity contribution in [2.24, 2.45) is 0 Å². The van der Waals surface area contributed by atoms with Crippen molar-refractivity contribution in [3.05, 3.63) is 108 Å². The second-order valence-corrected chi connectivity index (χ2v) is 12.1. The third-order valence-corrected chi connectivity index (χ3v) is 9.34. The second-order valence-electron chi connectivity index (χ2n) is 12.1. The van der Waals surface area contributed by atoms with E-state index in [1.807, 2.05) is 0 Å². The van der Waals surface area contributed by atoms with E-state index in [0.29, 0.717) is 0 Å². The molecular formula is C38H43N5. The fourth-order valence-electron chi connectivity index (χ4n) is 7.00. The van der Waals surface area contributed by atoms with E-state index in [1.54, 1.807) is 0 Å². The number of piperazine rings is 1. The van der Waals surface area contributed by atoms with Crippen LogP contribution in [0.1, 0.15) is 30.4 Å². The number of rotatable bonds is 10. The minimum Gasteiger partial charge on any atom is -0.384 e. The summed E-state index contributed by atoms with van der Waals surface area (Å²) in [4.78, 5) is 12.8. The molecular weight excluding hydrogens is 526 g/mol. The normalized spacial score (nSPS) is 15.8. The number of nitrogens with zero attached hydrogens (tertiary/aromatic N) is 4. The zero-order valence-electron chi connectivity index (χ0n) is 25.2. The molecule has 1 fully saturated rings. The zero-order chi connectivity index (χ0) is 28.8. The molecule has 0 amide bonds. The van der Waals surface area contributed by atoms with E-state index in [0.717, 1.165) is 37.0 Å². The number of nitrogens with one attached hydrogen (secondary N) is 1. The molecule has 43 heavy (non-hydrogen) atoms. The van der Waals surface area contributed by atoms with Crippen LogP contribution in [0.25, 0.3) is 21.8 Å². The molecule has 2 aliphatic heterocycles. The molecule has 0 aliphatic carbocycles. The average molecular weight is 570 g/mol. The van der Waals surface area contributed by atoms with Crippen molar-refractivity contribution in [2.45, 2.75) is 32.1 Å². The number of para-hydroxylation sites is 4. The SMILES string of the molecule is c1ccc2c(c1)CCc1ccccc1N2CCCN1CCN(CCCCNc2c3ccccc3nc3ccccc23)CC1. The van der Waals surface area contributed by atoms with Gasteiger partial charge in [0.05, 0.1) is 16.7 Å². The molecule has 5 aromatic rings. The predicted molar refractivity (Wildman–Crippen MR) is 182 cm³/mol. The molecule has 1 N–H and O–H groups in total. The first-order valence-corrected chi connectivity index (χ1v) is 16.2. The maximum absolute atomic E-state index is 4.86. The van der Waals surface area contributed by atoms with E-state index in [2.05, 4.69) is 117 Å². The number of hydrogen-bond acceptors (Lipinski definition) is 5. The summed E-state index contributed by atoms with van der Waals surface area (Å²) >= 11 is 0. The Morgan fingerprint density at radius 1 is 0.535 bits per heavy atom. The van der Waals surface area contributed by atoms with Crippen LogP contribution in [0.5, 0.6) is 0 Å². The highest BCUT2D eigenvalue weighted by atomic mass is 15.3. The Balaban J connectivity index is 0.863. The molecule has 3 heterocycles. The lowest BCUT2D eigenvalue weighted by Gasteiger charge is -2.35. The van der Waals surface area contributed by atoms with E-state index in [1.165, 1.54) is 97.5 Å². The van der Waals surface area contributed by atoms with Gasteiger partial charge in [0.2, 0.25) is 0 Å². The number of benzene rings is 4. The molecule has 1 aromatic heterocycles. The molecule has 220 valence electrons. The van der Waals surface area contributed by atoms with Gasteiger partial charge in [0.1, 0.15) is 0 Å². The van der Waals surface area contributed by atoms with Crippen molar-refractivity contribution < 1.29 is 0 Å². The Morgan fingerprint density at radius 2 is 1.05 bits per heavy atom. The van der Waals surface area contributed by atoms with Gasteiger partial charge >= 0.3 is 0 Å². The molecule has 1 saturated heterocycles. The summed E-state index contributed by atoms with van der Waals surface area (Å²) in [7, 11) is 0. The van der Waals surface area contributed by atoms with Crippen LogP contribution in [0, 0.1) is 0 Å². The van der Waals surface area contributed by atoms with Gasteiger partial charge in [-0.1, -0.05) is 72.8 Å². The van der Waals surface area contributed by atoms with E-state index < -0.39 is 0 Å². The first kappa shape index (κ1) is 27.9. The van der Waals surface area contributed by atoms with Crippen molar-refractivity contribution in [1.82, 2.24) is 14.8 Å². The van der Waals surface area contributed by atoms with Crippen LogP contribution in [0.15, 0.2) is 97.1 Å². The Hall–Kier alpha value is -3.93. The lowest BCUT2D eigenvalue weighted by atomic mass is 10.0. The molecule has 5 nitrogen and oxygen atoms in total. The van der Waals surface area contributed by atoms with E-state index >= 15 is 0 Å². The second kappa shape index (κ2) is 13.2. The maximum Gasteiger partial charge on any atom is 0.0730 e. The van der Waals surface area contributed by atoms with Gasteiger partial charge in [-0.3, -0.25) is 0 Å². The lowest BCUT2D eigenvalue weighted by molar-refractivity contribution is 0.130. The highest BCUT2D eigenvalue weighted by Crippen LogP contribution is 2.36. The largest absolute Gasteiger partial charge is 0.384 e. The van der Waals surface area contributed by atoms with Gasteiger partial charge in [-0.2, -0.15) is 0 Å². The van der Waals surface area contributed by atoms with Crippen molar-refractivity contribution >= 4 is 38.9 Å². The van der Waals surface area contributed by atoms with Crippen LogP contribution in [-0.4, -0.2) is 67.1 Å². The number of pyridine rings is 1. The zero-order valence-corrected chi connectivity index (χ0v) is 25.2. The molecule has 0 unspecified atom stereocenters. The van der Waals surface area contributed by atoms with Crippen molar-refractivity contribution in [3.63, 3.8) is 0 Å². The highest BCUT2D eigenvalue weighted by molar-refractivity contribution is 6.07. The van der Waals surface area contributed by atoms with Gasteiger partial charge in [0, 0.05) is 61.4 Å². The molecule has 7 rings (SSSR count). The van der Waals surface area contributed by atoms with Gasteiger partial charge in [0.25, 0.3) is 0 Å². The molecule has 0 saturated carbocycles. The minimum atomic E-state index is 0.987. The van der Waals surface area contributed by atoms with Crippen molar-refractivity contribution in [1.29, 1.82) is 0 Å². The topological polar surface area (TPSA) is 34.6 Å². The first-order valence-electron chi connectivity index (χ1n) is 16.2. The van der Waals surface area contributed by atoms with Crippen LogP contribution in [0.4, 0.5) is 17.1 Å². The minimum absolute atomic E-state index is 0.987.